The first-order valence-corrected chi connectivity index (χ1v) is 7.21. The van der Waals surface area contributed by atoms with Crippen LogP contribution in [0.1, 0.15) is 21.7 Å². The van der Waals surface area contributed by atoms with E-state index in [1.807, 2.05) is 16.8 Å². The Labute approximate surface area is 126 Å². The number of rotatable bonds is 5. The predicted molar refractivity (Wildman–Crippen MR) is 77.8 cm³/mol. The molecular weight excluding hydrogens is 290 g/mol. The third-order valence-electron chi connectivity index (χ3n) is 2.74. The van der Waals surface area contributed by atoms with Crippen LogP contribution in [0.25, 0.3) is 0 Å². The lowest BCUT2D eigenvalue weighted by Crippen LogP contribution is -2.30. The van der Waals surface area contributed by atoms with Gasteiger partial charge in [0.1, 0.15) is 0 Å². The quantitative estimate of drug-likeness (QED) is 0.786. The number of aryl methyl sites for hydroxylation is 1. The maximum atomic E-state index is 11.9. The number of carbonyl (C=O) groups excluding carboxylic acids is 2. The zero-order valence-corrected chi connectivity index (χ0v) is 12.6. The van der Waals surface area contributed by atoms with E-state index >= 15 is 0 Å². The minimum atomic E-state index is -0.653. The summed E-state index contributed by atoms with van der Waals surface area (Å²) in [4.78, 5) is 32.9. The molecule has 0 bridgehead atoms. The first-order chi connectivity index (χ1) is 10.1. The highest BCUT2D eigenvalue weighted by molar-refractivity contribution is 7.07. The van der Waals surface area contributed by atoms with Crippen molar-refractivity contribution in [3.05, 3.63) is 46.2 Å². The summed E-state index contributed by atoms with van der Waals surface area (Å²) in [5.41, 5.74) is 1.85. The monoisotopic (exact) mass is 305 g/mol. The topological polar surface area (TPSA) is 72.4 Å². The molecule has 21 heavy (non-hydrogen) atoms. The molecule has 0 unspecified atom stereocenters. The number of hydrogen-bond donors (Lipinski definition) is 0. The number of carbonyl (C=O) groups is 2. The number of amides is 1. The Kier molecular flexibility index (Phi) is 4.99. The summed E-state index contributed by atoms with van der Waals surface area (Å²) in [5.74, 6) is -0.922. The van der Waals surface area contributed by atoms with Gasteiger partial charge in [0.25, 0.3) is 5.91 Å². The van der Waals surface area contributed by atoms with Crippen molar-refractivity contribution in [2.45, 2.75) is 13.5 Å². The molecule has 2 heterocycles. The Morgan fingerprint density at radius 3 is 2.76 bits per heavy atom. The lowest BCUT2D eigenvalue weighted by molar-refractivity contribution is -0.133. The van der Waals surface area contributed by atoms with Gasteiger partial charge in [-0.3, -0.25) is 9.78 Å². The van der Waals surface area contributed by atoms with Gasteiger partial charge in [-0.1, -0.05) is 0 Å². The molecule has 0 aliphatic rings. The molecule has 2 aromatic rings. The van der Waals surface area contributed by atoms with Gasteiger partial charge in [0.05, 0.1) is 11.9 Å². The van der Waals surface area contributed by atoms with Crippen LogP contribution in [0.5, 0.6) is 0 Å². The van der Waals surface area contributed by atoms with E-state index in [0.717, 1.165) is 5.56 Å². The fraction of sp³-hybridized carbons (Fsp3) is 0.286. The molecule has 0 N–H and O–H groups in total. The summed E-state index contributed by atoms with van der Waals surface area (Å²) in [6.45, 7) is 1.95. The molecule has 0 aliphatic carbocycles. The number of thiophene rings is 1. The first kappa shape index (κ1) is 15.1. The van der Waals surface area contributed by atoms with E-state index in [2.05, 4.69) is 9.97 Å². The average Bonchev–Trinajstić information content (AvgIpc) is 2.98. The number of esters is 1. The van der Waals surface area contributed by atoms with Crippen LogP contribution in [0.2, 0.25) is 0 Å². The zero-order valence-electron chi connectivity index (χ0n) is 11.8. The summed E-state index contributed by atoms with van der Waals surface area (Å²) in [6.07, 6.45) is 2.80. The summed E-state index contributed by atoms with van der Waals surface area (Å²) < 4.78 is 4.94. The van der Waals surface area contributed by atoms with E-state index in [1.54, 1.807) is 25.3 Å². The van der Waals surface area contributed by atoms with Gasteiger partial charge >= 0.3 is 5.97 Å². The van der Waals surface area contributed by atoms with E-state index in [-0.39, 0.29) is 18.2 Å². The zero-order chi connectivity index (χ0) is 15.2. The first-order valence-electron chi connectivity index (χ1n) is 6.27. The lowest BCUT2D eigenvalue weighted by Gasteiger charge is -2.16. The Hall–Kier alpha value is -2.28. The SMILES string of the molecule is Cc1cnc(C(=O)OCC(=O)N(C)Cc2ccsc2)cn1. The van der Waals surface area contributed by atoms with Gasteiger partial charge in [-0.25, -0.2) is 9.78 Å². The summed E-state index contributed by atoms with van der Waals surface area (Å²) in [5, 5.41) is 3.92. The summed E-state index contributed by atoms with van der Waals surface area (Å²) >= 11 is 1.57. The van der Waals surface area contributed by atoms with Gasteiger partial charge in [0.15, 0.2) is 12.3 Å². The molecular formula is C14H15N3O3S. The smallest absolute Gasteiger partial charge is 0.359 e. The van der Waals surface area contributed by atoms with Crippen LogP contribution in [-0.2, 0) is 16.1 Å². The standard InChI is InChI=1S/C14H15N3O3S/c1-10-5-16-12(6-15-10)14(19)20-8-13(18)17(2)7-11-3-4-21-9-11/h3-6,9H,7-8H2,1-2H3. The minimum absolute atomic E-state index is 0.0916. The normalized spacial score (nSPS) is 10.2. The predicted octanol–water partition coefficient (Wildman–Crippen LogP) is 1.66. The average molecular weight is 305 g/mol. The molecule has 0 aliphatic heterocycles. The summed E-state index contributed by atoms with van der Waals surface area (Å²) in [6, 6.07) is 1.95. The van der Waals surface area contributed by atoms with Crippen molar-refractivity contribution in [2.75, 3.05) is 13.7 Å². The van der Waals surface area contributed by atoms with E-state index in [1.165, 1.54) is 17.3 Å². The van der Waals surface area contributed by atoms with Crippen molar-refractivity contribution in [1.82, 2.24) is 14.9 Å². The van der Waals surface area contributed by atoms with E-state index in [0.29, 0.717) is 12.2 Å². The fourth-order valence-electron chi connectivity index (χ4n) is 1.55. The maximum Gasteiger partial charge on any atom is 0.359 e. The van der Waals surface area contributed by atoms with Gasteiger partial charge in [-0.05, 0) is 29.3 Å². The largest absolute Gasteiger partial charge is 0.451 e. The van der Waals surface area contributed by atoms with Crippen molar-refractivity contribution < 1.29 is 14.3 Å². The van der Waals surface area contributed by atoms with Crippen molar-refractivity contribution >= 4 is 23.2 Å². The molecule has 2 aromatic heterocycles. The van der Waals surface area contributed by atoms with Crippen LogP contribution in [0.4, 0.5) is 0 Å². The molecule has 0 radical (unpaired) electrons. The highest BCUT2D eigenvalue weighted by Gasteiger charge is 2.15. The van der Waals surface area contributed by atoms with Crippen LogP contribution in [0, 0.1) is 6.92 Å². The van der Waals surface area contributed by atoms with E-state index in [9.17, 15) is 9.59 Å². The second-order valence-corrected chi connectivity index (χ2v) is 5.28. The molecule has 0 saturated heterocycles. The number of hydrogen-bond acceptors (Lipinski definition) is 6. The number of nitrogens with zero attached hydrogens (tertiary/aromatic N) is 3. The molecule has 2 rings (SSSR count). The number of aromatic nitrogens is 2. The molecule has 110 valence electrons. The molecule has 0 spiro atoms. The minimum Gasteiger partial charge on any atom is -0.451 e. The molecule has 7 heteroatoms. The van der Waals surface area contributed by atoms with Gasteiger partial charge in [-0.15, -0.1) is 0 Å². The Morgan fingerprint density at radius 2 is 2.14 bits per heavy atom. The second kappa shape index (κ2) is 6.94. The molecule has 1 amide bonds. The maximum absolute atomic E-state index is 11.9. The third kappa shape index (κ3) is 4.35. The van der Waals surface area contributed by atoms with Crippen LogP contribution < -0.4 is 0 Å². The molecule has 0 saturated carbocycles. The number of ether oxygens (including phenoxy) is 1. The number of likely N-dealkylation sites (N-methyl/N-ethyl adjacent to an activating group) is 1. The second-order valence-electron chi connectivity index (χ2n) is 4.50. The van der Waals surface area contributed by atoms with Gasteiger partial charge in [0, 0.05) is 19.8 Å². The van der Waals surface area contributed by atoms with E-state index < -0.39 is 5.97 Å². The van der Waals surface area contributed by atoms with Crippen LogP contribution in [-0.4, -0.2) is 40.4 Å². The van der Waals surface area contributed by atoms with Crippen LogP contribution >= 0.6 is 11.3 Å². The van der Waals surface area contributed by atoms with Crippen LogP contribution in [0.15, 0.2) is 29.2 Å². The van der Waals surface area contributed by atoms with Crippen molar-refractivity contribution in [3.63, 3.8) is 0 Å². The highest BCUT2D eigenvalue weighted by Crippen LogP contribution is 2.08. The molecule has 0 fully saturated rings. The van der Waals surface area contributed by atoms with Crippen molar-refractivity contribution in [3.8, 4) is 0 Å². The molecule has 0 aromatic carbocycles. The van der Waals surface area contributed by atoms with Crippen LogP contribution in [0.3, 0.4) is 0 Å². The Balaban J connectivity index is 1.83. The van der Waals surface area contributed by atoms with Gasteiger partial charge in [-0.2, -0.15) is 11.3 Å². The lowest BCUT2D eigenvalue weighted by atomic mass is 10.3. The van der Waals surface area contributed by atoms with Gasteiger partial charge < -0.3 is 9.64 Å². The van der Waals surface area contributed by atoms with Crippen molar-refractivity contribution in [1.29, 1.82) is 0 Å². The molecule has 0 atom stereocenters. The third-order valence-corrected chi connectivity index (χ3v) is 3.47. The Morgan fingerprint density at radius 1 is 1.33 bits per heavy atom. The van der Waals surface area contributed by atoms with Crippen molar-refractivity contribution in [2.24, 2.45) is 0 Å². The van der Waals surface area contributed by atoms with Gasteiger partial charge in [0.2, 0.25) is 0 Å². The molecule has 6 nitrogen and oxygen atoms in total. The van der Waals surface area contributed by atoms with E-state index in [4.69, 9.17) is 4.74 Å². The summed E-state index contributed by atoms with van der Waals surface area (Å²) in [7, 11) is 1.67. The fourth-order valence-corrected chi connectivity index (χ4v) is 2.21. The highest BCUT2D eigenvalue weighted by atomic mass is 32.1. The Bertz CT molecular complexity index is 611.